The lowest BCUT2D eigenvalue weighted by Crippen LogP contribution is -1.97. The van der Waals surface area contributed by atoms with Crippen molar-refractivity contribution in [3.05, 3.63) is 20.5 Å². The van der Waals surface area contributed by atoms with Gasteiger partial charge >= 0.3 is 0 Å². The van der Waals surface area contributed by atoms with Gasteiger partial charge in [0.15, 0.2) is 0 Å². The van der Waals surface area contributed by atoms with Crippen molar-refractivity contribution in [1.82, 2.24) is 0 Å². The zero-order valence-electron chi connectivity index (χ0n) is 6.26. The van der Waals surface area contributed by atoms with Gasteiger partial charge in [-0.05, 0) is 35.7 Å². The average molecular weight is 216 g/mol. The minimum absolute atomic E-state index is 0.539. The zero-order chi connectivity index (χ0) is 8.10. The maximum Gasteiger partial charge on any atom is 0.0480 e. The average Bonchev–Trinajstić information content (AvgIpc) is 2.03. The summed E-state index contributed by atoms with van der Waals surface area (Å²) in [4.78, 5) is 2.73. The van der Waals surface area contributed by atoms with E-state index in [0.29, 0.717) is 6.54 Å². The molecule has 1 aliphatic carbocycles. The Balaban J connectivity index is 2.58. The number of hydrogen-bond acceptors (Lipinski definition) is 1. The summed E-state index contributed by atoms with van der Waals surface area (Å²) in [7, 11) is 0. The quantitative estimate of drug-likeness (QED) is 0.385. The fraction of sp³-hybridized carbons (Fsp3) is 0.714. The molecule has 11 heavy (non-hydrogen) atoms. The molecule has 0 aromatic rings. The lowest BCUT2D eigenvalue weighted by Gasteiger charge is -2.13. The van der Waals surface area contributed by atoms with Crippen molar-refractivity contribution >= 4 is 15.9 Å². The highest BCUT2D eigenvalue weighted by molar-refractivity contribution is 9.11. The Kier molecular flexibility index (Phi) is 3.46. The second kappa shape index (κ2) is 4.42. The van der Waals surface area contributed by atoms with E-state index in [0.717, 1.165) is 12.8 Å². The molecule has 0 spiro atoms. The first-order valence-corrected chi connectivity index (χ1v) is 4.51. The molecule has 60 valence electrons. The molecule has 0 heterocycles. The number of hydrogen-bond donors (Lipinski definition) is 0. The van der Waals surface area contributed by atoms with Crippen LogP contribution < -0.4 is 0 Å². The Hall–Kier alpha value is -0.470. The Morgan fingerprint density at radius 3 is 2.82 bits per heavy atom. The third kappa shape index (κ3) is 2.56. The van der Waals surface area contributed by atoms with Crippen molar-refractivity contribution in [1.29, 1.82) is 0 Å². The summed E-state index contributed by atoms with van der Waals surface area (Å²) < 4.78 is 1.25. The molecule has 3 nitrogen and oxygen atoms in total. The van der Waals surface area contributed by atoms with Gasteiger partial charge in [0.2, 0.25) is 0 Å². The smallest absolute Gasteiger partial charge is 0.0480 e. The van der Waals surface area contributed by atoms with Gasteiger partial charge in [-0.2, -0.15) is 0 Å². The fourth-order valence-electron chi connectivity index (χ4n) is 1.21. The molecule has 0 radical (unpaired) electrons. The predicted molar refractivity (Wildman–Crippen MR) is 48.4 cm³/mol. The van der Waals surface area contributed by atoms with E-state index >= 15 is 0 Å². The number of allylic oxidation sites excluding steroid dienone is 1. The third-order valence-corrected chi connectivity index (χ3v) is 2.79. The second-order valence-electron chi connectivity index (χ2n) is 2.60. The van der Waals surface area contributed by atoms with Crippen molar-refractivity contribution in [2.75, 3.05) is 6.54 Å². The minimum Gasteiger partial charge on any atom is -0.0896 e. The molecule has 0 saturated carbocycles. The van der Waals surface area contributed by atoms with E-state index < -0.39 is 0 Å². The predicted octanol–water partition coefficient (Wildman–Crippen LogP) is 3.52. The first-order chi connectivity index (χ1) is 5.34. The summed E-state index contributed by atoms with van der Waals surface area (Å²) in [5.41, 5.74) is 9.38. The van der Waals surface area contributed by atoms with Crippen LogP contribution in [0.15, 0.2) is 15.2 Å². The molecule has 0 aromatic heterocycles. The van der Waals surface area contributed by atoms with E-state index in [1.807, 2.05) is 0 Å². The molecule has 0 atom stereocenters. The van der Waals surface area contributed by atoms with E-state index in [4.69, 9.17) is 5.53 Å². The van der Waals surface area contributed by atoms with E-state index in [-0.39, 0.29) is 0 Å². The Labute approximate surface area is 74.2 Å². The maximum atomic E-state index is 8.10. The summed E-state index contributed by atoms with van der Waals surface area (Å²) >= 11 is 3.48. The molecule has 0 aromatic carbocycles. The van der Waals surface area contributed by atoms with E-state index in [1.54, 1.807) is 0 Å². The number of nitrogens with zero attached hydrogens (tertiary/aromatic N) is 3. The summed E-state index contributed by atoms with van der Waals surface area (Å²) in [5.74, 6) is 0. The van der Waals surface area contributed by atoms with Gasteiger partial charge in [0.1, 0.15) is 0 Å². The van der Waals surface area contributed by atoms with Crippen molar-refractivity contribution in [2.45, 2.75) is 25.7 Å². The number of azide groups is 1. The highest BCUT2D eigenvalue weighted by Crippen LogP contribution is 2.28. The van der Waals surface area contributed by atoms with Crippen LogP contribution in [0.3, 0.4) is 0 Å². The molecule has 4 heteroatoms. The monoisotopic (exact) mass is 215 g/mol. The van der Waals surface area contributed by atoms with Gasteiger partial charge in [0.25, 0.3) is 0 Å². The Morgan fingerprint density at radius 2 is 2.18 bits per heavy atom. The molecule has 0 saturated heterocycles. The topological polar surface area (TPSA) is 48.8 Å². The Morgan fingerprint density at radius 1 is 1.45 bits per heavy atom. The molecular weight excluding hydrogens is 206 g/mol. The Bertz CT molecular complexity index is 216. The summed E-state index contributed by atoms with van der Waals surface area (Å²) in [6.07, 6.45) is 4.67. The van der Waals surface area contributed by atoms with E-state index in [2.05, 4.69) is 26.0 Å². The van der Waals surface area contributed by atoms with Gasteiger partial charge in [0, 0.05) is 11.5 Å². The second-order valence-corrected chi connectivity index (χ2v) is 3.56. The van der Waals surface area contributed by atoms with Gasteiger partial charge < -0.3 is 0 Å². The van der Waals surface area contributed by atoms with Crippen LogP contribution in [-0.4, -0.2) is 6.54 Å². The molecule has 1 rings (SSSR count). The standard InChI is InChI=1S/C7H10BrN3/c8-7-4-2-1-3-6(7)5-10-11-9/h1-5H2. The molecule has 0 N–H and O–H groups in total. The van der Waals surface area contributed by atoms with E-state index in [9.17, 15) is 0 Å². The van der Waals surface area contributed by atoms with Gasteiger partial charge in [-0.15, -0.1) is 0 Å². The van der Waals surface area contributed by atoms with Crippen LogP contribution in [0.1, 0.15) is 25.7 Å². The van der Waals surface area contributed by atoms with Crippen LogP contribution >= 0.6 is 15.9 Å². The molecule has 0 aliphatic heterocycles. The van der Waals surface area contributed by atoms with Gasteiger partial charge in [-0.3, -0.25) is 0 Å². The van der Waals surface area contributed by atoms with E-state index in [1.165, 1.54) is 22.9 Å². The highest BCUT2D eigenvalue weighted by atomic mass is 79.9. The van der Waals surface area contributed by atoms with Crippen LogP contribution in [0.2, 0.25) is 0 Å². The van der Waals surface area contributed by atoms with Gasteiger partial charge in [-0.25, -0.2) is 0 Å². The highest BCUT2D eigenvalue weighted by Gasteiger charge is 2.08. The van der Waals surface area contributed by atoms with Crippen LogP contribution in [-0.2, 0) is 0 Å². The third-order valence-electron chi connectivity index (χ3n) is 1.83. The lowest BCUT2D eigenvalue weighted by molar-refractivity contribution is 0.685. The van der Waals surface area contributed by atoms with Crippen LogP contribution in [0.4, 0.5) is 0 Å². The minimum atomic E-state index is 0.539. The molecule has 1 aliphatic rings. The first-order valence-electron chi connectivity index (χ1n) is 3.72. The van der Waals surface area contributed by atoms with Crippen molar-refractivity contribution in [2.24, 2.45) is 5.11 Å². The largest absolute Gasteiger partial charge is 0.0896 e. The normalized spacial score (nSPS) is 17.9. The fourth-order valence-corrected chi connectivity index (χ4v) is 1.82. The molecule has 0 amide bonds. The van der Waals surface area contributed by atoms with Crippen molar-refractivity contribution < 1.29 is 0 Å². The summed E-state index contributed by atoms with van der Waals surface area (Å²) in [5, 5.41) is 3.54. The van der Waals surface area contributed by atoms with Gasteiger partial charge in [0.05, 0.1) is 0 Å². The molecular formula is C7H10BrN3. The van der Waals surface area contributed by atoms with Crippen LogP contribution in [0.5, 0.6) is 0 Å². The molecule has 0 fully saturated rings. The number of rotatable bonds is 2. The lowest BCUT2D eigenvalue weighted by atomic mass is 10.00. The van der Waals surface area contributed by atoms with Crippen molar-refractivity contribution in [3.8, 4) is 0 Å². The van der Waals surface area contributed by atoms with Gasteiger partial charge in [-0.1, -0.05) is 26.6 Å². The zero-order valence-corrected chi connectivity index (χ0v) is 7.84. The number of halogens is 1. The molecule has 0 bridgehead atoms. The maximum absolute atomic E-state index is 8.10. The summed E-state index contributed by atoms with van der Waals surface area (Å²) in [6, 6.07) is 0. The molecule has 0 unspecified atom stereocenters. The SMILES string of the molecule is [N-]=[N+]=NCC1=C(Br)CCCC1. The van der Waals surface area contributed by atoms with Crippen molar-refractivity contribution in [3.63, 3.8) is 0 Å². The van der Waals surface area contributed by atoms with Crippen LogP contribution in [0.25, 0.3) is 10.4 Å². The summed E-state index contributed by atoms with van der Waals surface area (Å²) in [6.45, 7) is 0.539. The van der Waals surface area contributed by atoms with Crippen LogP contribution in [0, 0.1) is 0 Å². The first kappa shape index (κ1) is 8.62.